The standard InChI is InChI=1S/C14H29N3O2/c1-16(2)14(18)17-10-7-13(8-11-17)15-9-5-4-6-12-19-3/h13,15H,4-12H2,1-3H3. The number of rotatable bonds is 7. The lowest BCUT2D eigenvalue weighted by Gasteiger charge is -2.34. The van der Waals surface area contributed by atoms with Crippen molar-refractivity contribution in [2.24, 2.45) is 0 Å². The summed E-state index contributed by atoms with van der Waals surface area (Å²) in [7, 11) is 5.38. The fourth-order valence-corrected chi connectivity index (χ4v) is 2.41. The minimum Gasteiger partial charge on any atom is -0.385 e. The Balaban J connectivity index is 2.05. The molecule has 19 heavy (non-hydrogen) atoms. The predicted octanol–water partition coefficient (Wildman–Crippen LogP) is 1.54. The number of urea groups is 1. The third kappa shape index (κ3) is 6.25. The molecule has 0 unspecified atom stereocenters. The van der Waals surface area contributed by atoms with Crippen molar-refractivity contribution in [3.63, 3.8) is 0 Å². The zero-order valence-corrected chi connectivity index (χ0v) is 12.7. The molecule has 1 aliphatic rings. The first kappa shape index (κ1) is 16.2. The molecule has 1 heterocycles. The first-order valence-electron chi connectivity index (χ1n) is 7.33. The Morgan fingerprint density at radius 1 is 1.26 bits per heavy atom. The summed E-state index contributed by atoms with van der Waals surface area (Å²) in [4.78, 5) is 15.4. The molecule has 0 atom stereocenters. The molecule has 2 amide bonds. The van der Waals surface area contributed by atoms with Crippen LogP contribution in [0.3, 0.4) is 0 Å². The third-order valence-corrected chi connectivity index (χ3v) is 3.61. The van der Waals surface area contributed by atoms with E-state index in [4.69, 9.17) is 4.74 Å². The number of nitrogens with one attached hydrogen (secondary N) is 1. The van der Waals surface area contributed by atoms with Gasteiger partial charge in [-0.2, -0.15) is 0 Å². The summed E-state index contributed by atoms with van der Waals surface area (Å²) in [5.41, 5.74) is 0. The number of hydrogen-bond donors (Lipinski definition) is 1. The van der Waals surface area contributed by atoms with Crippen LogP contribution in [-0.2, 0) is 4.74 Å². The van der Waals surface area contributed by atoms with Crippen molar-refractivity contribution in [1.82, 2.24) is 15.1 Å². The molecule has 0 radical (unpaired) electrons. The van der Waals surface area contributed by atoms with E-state index in [1.165, 1.54) is 12.8 Å². The van der Waals surface area contributed by atoms with Gasteiger partial charge >= 0.3 is 6.03 Å². The minimum absolute atomic E-state index is 0.137. The Morgan fingerprint density at radius 3 is 2.53 bits per heavy atom. The van der Waals surface area contributed by atoms with Crippen LogP contribution in [0.15, 0.2) is 0 Å². The monoisotopic (exact) mass is 271 g/mol. The Hall–Kier alpha value is -0.810. The summed E-state index contributed by atoms with van der Waals surface area (Å²) in [5, 5.41) is 3.59. The zero-order valence-electron chi connectivity index (χ0n) is 12.7. The number of carbonyl (C=O) groups is 1. The Bertz CT molecular complexity index is 251. The van der Waals surface area contributed by atoms with Crippen LogP contribution in [0.5, 0.6) is 0 Å². The van der Waals surface area contributed by atoms with Gasteiger partial charge in [-0.25, -0.2) is 4.79 Å². The number of piperidine rings is 1. The lowest BCUT2D eigenvalue weighted by molar-refractivity contribution is 0.152. The molecular formula is C14H29N3O2. The smallest absolute Gasteiger partial charge is 0.319 e. The van der Waals surface area contributed by atoms with Crippen LogP contribution in [0.4, 0.5) is 4.79 Å². The van der Waals surface area contributed by atoms with Gasteiger partial charge in [-0.15, -0.1) is 0 Å². The van der Waals surface area contributed by atoms with Crippen molar-refractivity contribution in [3.05, 3.63) is 0 Å². The molecule has 0 aromatic heterocycles. The average Bonchev–Trinajstić information content (AvgIpc) is 2.42. The van der Waals surface area contributed by atoms with Gasteiger partial charge in [0.1, 0.15) is 0 Å². The summed E-state index contributed by atoms with van der Waals surface area (Å²) < 4.78 is 5.03. The quantitative estimate of drug-likeness (QED) is 0.714. The van der Waals surface area contributed by atoms with E-state index in [-0.39, 0.29) is 6.03 Å². The van der Waals surface area contributed by atoms with Crippen LogP contribution in [-0.4, -0.2) is 69.3 Å². The summed E-state index contributed by atoms with van der Waals surface area (Å²) in [5.74, 6) is 0. The number of methoxy groups -OCH3 is 1. The van der Waals surface area contributed by atoms with E-state index < -0.39 is 0 Å². The molecule has 1 fully saturated rings. The molecular weight excluding hydrogens is 242 g/mol. The van der Waals surface area contributed by atoms with Crippen molar-refractivity contribution in [1.29, 1.82) is 0 Å². The molecule has 0 aliphatic carbocycles. The fraction of sp³-hybridized carbons (Fsp3) is 0.929. The van der Waals surface area contributed by atoms with Gasteiger partial charge < -0.3 is 19.9 Å². The molecule has 1 N–H and O–H groups in total. The van der Waals surface area contributed by atoms with Crippen LogP contribution in [0.25, 0.3) is 0 Å². The van der Waals surface area contributed by atoms with Crippen molar-refractivity contribution in [3.8, 4) is 0 Å². The average molecular weight is 271 g/mol. The summed E-state index contributed by atoms with van der Waals surface area (Å²) >= 11 is 0. The van der Waals surface area contributed by atoms with Crippen LogP contribution in [0, 0.1) is 0 Å². The highest BCUT2D eigenvalue weighted by atomic mass is 16.5. The largest absolute Gasteiger partial charge is 0.385 e. The Morgan fingerprint density at radius 2 is 1.95 bits per heavy atom. The lowest BCUT2D eigenvalue weighted by atomic mass is 10.1. The Kier molecular flexibility index (Phi) is 7.82. The van der Waals surface area contributed by atoms with Crippen molar-refractivity contribution in [2.45, 2.75) is 38.1 Å². The summed E-state index contributed by atoms with van der Waals surface area (Å²) in [6.07, 6.45) is 5.71. The number of carbonyl (C=O) groups excluding carboxylic acids is 1. The molecule has 112 valence electrons. The highest BCUT2D eigenvalue weighted by Crippen LogP contribution is 2.11. The molecule has 0 aromatic carbocycles. The number of ether oxygens (including phenoxy) is 1. The zero-order chi connectivity index (χ0) is 14.1. The fourth-order valence-electron chi connectivity index (χ4n) is 2.41. The molecule has 0 aromatic rings. The van der Waals surface area contributed by atoms with Crippen LogP contribution in [0.2, 0.25) is 0 Å². The van der Waals surface area contributed by atoms with E-state index in [0.29, 0.717) is 6.04 Å². The van der Waals surface area contributed by atoms with Crippen molar-refractivity contribution >= 4 is 6.03 Å². The molecule has 0 saturated carbocycles. The van der Waals surface area contributed by atoms with Crippen LogP contribution in [0.1, 0.15) is 32.1 Å². The van der Waals surface area contributed by atoms with Gasteiger partial charge in [0.15, 0.2) is 0 Å². The maximum absolute atomic E-state index is 11.8. The number of amides is 2. The predicted molar refractivity (Wildman–Crippen MR) is 77.4 cm³/mol. The number of likely N-dealkylation sites (tertiary alicyclic amines) is 1. The summed E-state index contributed by atoms with van der Waals surface area (Å²) in [6.45, 7) is 3.69. The third-order valence-electron chi connectivity index (χ3n) is 3.61. The maximum atomic E-state index is 11.8. The SMILES string of the molecule is COCCCCCNC1CCN(C(=O)N(C)C)CC1. The molecule has 0 spiro atoms. The van der Waals surface area contributed by atoms with Gasteiger partial charge in [-0.05, 0) is 38.6 Å². The maximum Gasteiger partial charge on any atom is 0.319 e. The number of hydrogen-bond acceptors (Lipinski definition) is 3. The normalized spacial score (nSPS) is 16.7. The Labute approximate surface area is 117 Å². The highest BCUT2D eigenvalue weighted by Gasteiger charge is 2.22. The van der Waals surface area contributed by atoms with E-state index in [1.54, 1.807) is 12.0 Å². The van der Waals surface area contributed by atoms with Crippen molar-refractivity contribution < 1.29 is 9.53 Å². The van der Waals surface area contributed by atoms with Crippen LogP contribution >= 0.6 is 0 Å². The van der Waals surface area contributed by atoms with Gasteiger partial charge in [0.2, 0.25) is 0 Å². The second-order valence-corrected chi connectivity index (χ2v) is 5.45. The van der Waals surface area contributed by atoms with Crippen molar-refractivity contribution in [2.75, 3.05) is 47.4 Å². The van der Waals surface area contributed by atoms with Gasteiger partial charge in [-0.3, -0.25) is 0 Å². The summed E-state index contributed by atoms with van der Waals surface area (Å²) in [6, 6.07) is 0.714. The van der Waals surface area contributed by atoms with E-state index in [2.05, 4.69) is 5.32 Å². The van der Waals surface area contributed by atoms with E-state index in [9.17, 15) is 4.79 Å². The second kappa shape index (κ2) is 9.15. The van der Waals surface area contributed by atoms with E-state index in [0.717, 1.165) is 45.5 Å². The molecule has 0 bridgehead atoms. The first-order valence-corrected chi connectivity index (χ1v) is 7.33. The first-order chi connectivity index (χ1) is 9.15. The molecule has 1 aliphatic heterocycles. The highest BCUT2D eigenvalue weighted by molar-refractivity contribution is 5.73. The van der Waals surface area contributed by atoms with E-state index in [1.807, 2.05) is 19.0 Å². The number of nitrogens with zero attached hydrogens (tertiary/aromatic N) is 2. The van der Waals surface area contributed by atoms with Gasteiger partial charge in [0.05, 0.1) is 0 Å². The van der Waals surface area contributed by atoms with Crippen LogP contribution < -0.4 is 5.32 Å². The van der Waals surface area contributed by atoms with Gasteiger partial charge in [0.25, 0.3) is 0 Å². The van der Waals surface area contributed by atoms with Gasteiger partial charge in [0, 0.05) is 46.9 Å². The molecule has 1 rings (SSSR count). The topological polar surface area (TPSA) is 44.8 Å². The minimum atomic E-state index is 0.137. The number of unbranched alkanes of at least 4 members (excludes halogenated alkanes) is 2. The molecule has 5 heteroatoms. The molecule has 1 saturated heterocycles. The van der Waals surface area contributed by atoms with E-state index >= 15 is 0 Å². The second-order valence-electron chi connectivity index (χ2n) is 5.45. The molecule has 5 nitrogen and oxygen atoms in total. The van der Waals surface area contributed by atoms with Gasteiger partial charge in [-0.1, -0.05) is 0 Å². The lowest BCUT2D eigenvalue weighted by Crippen LogP contribution is -2.48.